The van der Waals surface area contributed by atoms with E-state index in [0.717, 1.165) is 5.69 Å². The van der Waals surface area contributed by atoms with E-state index in [9.17, 15) is 9.50 Å². The Kier molecular flexibility index (Phi) is 5.20. The molecule has 0 aliphatic heterocycles. The van der Waals surface area contributed by atoms with Crippen LogP contribution in [0.4, 0.5) is 10.3 Å². The highest BCUT2D eigenvalue weighted by atomic mass is 19.1. The van der Waals surface area contributed by atoms with Gasteiger partial charge in [-0.1, -0.05) is 23.4 Å². The fourth-order valence-corrected chi connectivity index (χ4v) is 3.15. The molecule has 0 amide bonds. The molecule has 0 aliphatic rings. The summed E-state index contributed by atoms with van der Waals surface area (Å²) >= 11 is 0. The van der Waals surface area contributed by atoms with Gasteiger partial charge in [-0.2, -0.15) is 0 Å². The zero-order valence-corrected chi connectivity index (χ0v) is 17.4. The molecule has 4 rings (SSSR count). The Labute approximate surface area is 178 Å². The van der Waals surface area contributed by atoms with Gasteiger partial charge in [-0.05, 0) is 50.6 Å². The number of hydrogen-bond acceptors (Lipinski definition) is 7. The minimum atomic E-state index is -1.04. The maximum absolute atomic E-state index is 14.6. The molecule has 4 aromatic rings. The first-order chi connectivity index (χ1) is 14.7. The van der Waals surface area contributed by atoms with Crippen LogP contribution in [0.5, 0.6) is 0 Å². The summed E-state index contributed by atoms with van der Waals surface area (Å²) in [5.41, 5.74) is 8.27. The number of aryl methyl sites for hydroxylation is 1. The second-order valence-corrected chi connectivity index (χ2v) is 7.81. The number of halogens is 1. The first kappa shape index (κ1) is 20.5. The number of aliphatic hydroxyl groups is 1. The average molecular weight is 419 g/mol. The summed E-state index contributed by atoms with van der Waals surface area (Å²) in [6.45, 7) is 5.41. The third kappa shape index (κ3) is 4.41. The van der Waals surface area contributed by atoms with Crippen molar-refractivity contribution in [2.24, 2.45) is 0 Å². The highest BCUT2D eigenvalue weighted by molar-refractivity contribution is 5.68. The van der Waals surface area contributed by atoms with E-state index in [0.29, 0.717) is 40.4 Å². The number of anilines is 1. The molecule has 0 aliphatic carbocycles. The third-order valence-electron chi connectivity index (χ3n) is 4.77. The van der Waals surface area contributed by atoms with Crippen LogP contribution in [0, 0.1) is 12.7 Å². The first-order valence-electron chi connectivity index (χ1n) is 9.70. The van der Waals surface area contributed by atoms with E-state index in [1.807, 2.05) is 12.1 Å². The van der Waals surface area contributed by atoms with E-state index in [4.69, 9.17) is 5.73 Å². The van der Waals surface area contributed by atoms with Gasteiger partial charge in [0.1, 0.15) is 17.1 Å². The third-order valence-corrected chi connectivity index (χ3v) is 4.77. The molecular formula is C22H22FN7O. The van der Waals surface area contributed by atoms with Crippen LogP contribution in [-0.4, -0.2) is 35.1 Å². The second kappa shape index (κ2) is 7.84. The Hall–Kier alpha value is -3.72. The molecule has 9 heteroatoms. The van der Waals surface area contributed by atoms with Gasteiger partial charge >= 0.3 is 0 Å². The molecule has 31 heavy (non-hydrogen) atoms. The van der Waals surface area contributed by atoms with Gasteiger partial charge in [0.15, 0.2) is 0 Å². The Morgan fingerprint density at radius 3 is 2.55 bits per heavy atom. The first-order valence-corrected chi connectivity index (χ1v) is 9.70. The molecule has 3 N–H and O–H groups in total. The molecule has 0 radical (unpaired) electrons. The second-order valence-electron chi connectivity index (χ2n) is 7.81. The van der Waals surface area contributed by atoms with Crippen molar-refractivity contribution >= 4 is 5.95 Å². The van der Waals surface area contributed by atoms with Gasteiger partial charge in [-0.3, -0.25) is 4.98 Å². The number of aromatic nitrogens is 6. The maximum Gasteiger partial charge on any atom is 0.221 e. The van der Waals surface area contributed by atoms with Crippen LogP contribution >= 0.6 is 0 Å². The molecular weight excluding hydrogens is 397 g/mol. The summed E-state index contributed by atoms with van der Waals surface area (Å²) in [6.07, 6.45) is 1.70. The summed E-state index contributed by atoms with van der Waals surface area (Å²) in [5.74, 6) is -0.338. The highest BCUT2D eigenvalue weighted by Gasteiger charge is 2.18. The average Bonchev–Trinajstić information content (AvgIpc) is 3.18. The van der Waals surface area contributed by atoms with Crippen LogP contribution in [0.1, 0.15) is 30.8 Å². The summed E-state index contributed by atoms with van der Waals surface area (Å²) in [4.78, 5) is 12.9. The summed E-state index contributed by atoms with van der Waals surface area (Å²) in [5, 5.41) is 18.5. The van der Waals surface area contributed by atoms with Crippen LogP contribution in [0.15, 0.2) is 48.7 Å². The molecule has 3 heterocycles. The predicted molar refractivity (Wildman–Crippen MR) is 114 cm³/mol. The van der Waals surface area contributed by atoms with Gasteiger partial charge in [0.2, 0.25) is 5.95 Å². The number of pyridine rings is 1. The van der Waals surface area contributed by atoms with E-state index in [-0.39, 0.29) is 11.8 Å². The van der Waals surface area contributed by atoms with E-state index in [2.05, 4.69) is 25.3 Å². The minimum absolute atomic E-state index is 0.0162. The monoisotopic (exact) mass is 419 g/mol. The molecule has 1 aromatic carbocycles. The molecule has 0 saturated heterocycles. The van der Waals surface area contributed by atoms with Crippen LogP contribution in [0.25, 0.3) is 22.6 Å². The number of nitrogens with two attached hydrogens (primary N) is 1. The van der Waals surface area contributed by atoms with Crippen molar-refractivity contribution in [2.45, 2.75) is 32.9 Å². The Bertz CT molecular complexity index is 1250. The van der Waals surface area contributed by atoms with Crippen molar-refractivity contribution in [3.8, 4) is 22.6 Å². The van der Waals surface area contributed by atoms with E-state index in [1.54, 1.807) is 62.0 Å². The number of nitrogen functional groups attached to an aromatic ring is 1. The summed E-state index contributed by atoms with van der Waals surface area (Å²) in [7, 11) is 0. The van der Waals surface area contributed by atoms with Crippen LogP contribution < -0.4 is 5.73 Å². The smallest absolute Gasteiger partial charge is 0.221 e. The van der Waals surface area contributed by atoms with Gasteiger partial charge in [-0.15, -0.1) is 5.10 Å². The SMILES string of the molecule is Cc1cccc(-c2cc(-c3cn(Cc4cccc(C(C)(C)O)n4)nn3)nc(N)n2)c1F. The normalized spacial score (nSPS) is 11.6. The lowest BCUT2D eigenvalue weighted by Gasteiger charge is -2.17. The molecule has 0 saturated carbocycles. The largest absolute Gasteiger partial charge is 0.384 e. The molecule has 3 aromatic heterocycles. The Morgan fingerprint density at radius 2 is 1.77 bits per heavy atom. The van der Waals surface area contributed by atoms with E-state index >= 15 is 0 Å². The predicted octanol–water partition coefficient (Wildman–Crippen LogP) is 3.10. The fourth-order valence-electron chi connectivity index (χ4n) is 3.15. The molecule has 158 valence electrons. The highest BCUT2D eigenvalue weighted by Crippen LogP contribution is 2.27. The molecule has 0 atom stereocenters. The van der Waals surface area contributed by atoms with Gasteiger partial charge in [-0.25, -0.2) is 19.0 Å². The van der Waals surface area contributed by atoms with Crippen molar-refractivity contribution < 1.29 is 9.50 Å². The molecule has 0 unspecified atom stereocenters. The Balaban J connectivity index is 1.64. The Morgan fingerprint density at radius 1 is 1.03 bits per heavy atom. The van der Waals surface area contributed by atoms with Gasteiger partial charge < -0.3 is 10.8 Å². The molecule has 0 fully saturated rings. The number of benzene rings is 1. The topological polar surface area (TPSA) is 116 Å². The van der Waals surface area contributed by atoms with Gasteiger partial charge in [0, 0.05) is 5.56 Å². The van der Waals surface area contributed by atoms with Crippen molar-refractivity contribution in [3.63, 3.8) is 0 Å². The van der Waals surface area contributed by atoms with Crippen LogP contribution in [-0.2, 0) is 12.1 Å². The minimum Gasteiger partial charge on any atom is -0.384 e. The number of hydrogen-bond donors (Lipinski definition) is 2. The lowest BCUT2D eigenvalue weighted by Crippen LogP contribution is -2.18. The van der Waals surface area contributed by atoms with Crippen molar-refractivity contribution in [1.29, 1.82) is 0 Å². The maximum atomic E-state index is 14.6. The lowest BCUT2D eigenvalue weighted by molar-refractivity contribution is 0.0736. The molecule has 0 spiro atoms. The number of nitrogens with zero attached hydrogens (tertiary/aromatic N) is 6. The van der Waals surface area contributed by atoms with Crippen molar-refractivity contribution in [2.75, 3.05) is 5.73 Å². The fraction of sp³-hybridized carbons (Fsp3) is 0.227. The quantitative estimate of drug-likeness (QED) is 0.511. The van der Waals surface area contributed by atoms with Crippen molar-refractivity contribution in [3.05, 3.63) is 71.4 Å². The van der Waals surface area contributed by atoms with Gasteiger partial charge in [0.05, 0.1) is 35.5 Å². The van der Waals surface area contributed by atoms with Crippen molar-refractivity contribution in [1.82, 2.24) is 29.9 Å². The zero-order chi connectivity index (χ0) is 22.2. The standard InChI is InChI=1S/C22H22FN7O/c1-13-6-4-8-15(20(13)23)16-10-17(27-21(24)26-16)18-12-30(29-28-18)11-14-7-5-9-19(25-14)22(2,3)31/h4-10,12,31H,11H2,1-3H3,(H2,24,26,27). The zero-order valence-electron chi connectivity index (χ0n) is 17.4. The molecule has 8 nitrogen and oxygen atoms in total. The van der Waals surface area contributed by atoms with E-state index < -0.39 is 5.60 Å². The summed E-state index contributed by atoms with van der Waals surface area (Å²) in [6, 6.07) is 12.2. The molecule has 0 bridgehead atoms. The lowest BCUT2D eigenvalue weighted by atomic mass is 10.0. The van der Waals surface area contributed by atoms with Gasteiger partial charge in [0.25, 0.3) is 0 Å². The summed E-state index contributed by atoms with van der Waals surface area (Å²) < 4.78 is 16.2. The van der Waals surface area contributed by atoms with Crippen LogP contribution in [0.3, 0.4) is 0 Å². The number of rotatable bonds is 5. The van der Waals surface area contributed by atoms with E-state index in [1.165, 1.54) is 0 Å². The van der Waals surface area contributed by atoms with Crippen LogP contribution in [0.2, 0.25) is 0 Å².